The molecule has 5 nitrogen and oxygen atoms in total. The molecule has 2 aromatic rings. The molecule has 1 N–H and O–H groups in total. The molecule has 1 aromatic heterocycles. The Labute approximate surface area is 117 Å². The normalized spacial score (nSPS) is 12.5. The number of nitrogens with one attached hydrogen (secondary N) is 1. The fourth-order valence-corrected chi connectivity index (χ4v) is 1.88. The monoisotopic (exact) mass is 277 g/mol. The fraction of sp³-hybridized carbons (Fsp3) is 0.400. The van der Waals surface area contributed by atoms with Crippen LogP contribution in [0.15, 0.2) is 34.7 Å². The summed E-state index contributed by atoms with van der Waals surface area (Å²) < 4.78 is 15.7. The van der Waals surface area contributed by atoms with Crippen LogP contribution in [0.25, 0.3) is 11.0 Å². The Morgan fingerprint density at radius 2 is 2.15 bits per heavy atom. The van der Waals surface area contributed by atoms with Crippen molar-refractivity contribution in [3.8, 4) is 0 Å². The summed E-state index contributed by atoms with van der Waals surface area (Å²) in [5.74, 6) is 0.561. The van der Waals surface area contributed by atoms with Crippen LogP contribution in [0.5, 0.6) is 0 Å². The van der Waals surface area contributed by atoms with Gasteiger partial charge in [0.15, 0.2) is 0 Å². The second kappa shape index (κ2) is 7.07. The van der Waals surface area contributed by atoms with Gasteiger partial charge in [-0.05, 0) is 19.1 Å². The van der Waals surface area contributed by atoms with Crippen LogP contribution in [0.4, 0.5) is 0 Å². The first-order valence-electron chi connectivity index (χ1n) is 6.55. The van der Waals surface area contributed by atoms with E-state index in [4.69, 9.17) is 13.9 Å². The summed E-state index contributed by atoms with van der Waals surface area (Å²) in [7, 11) is 1.59. The summed E-state index contributed by atoms with van der Waals surface area (Å²) in [6, 6.07) is 9.50. The molecule has 20 heavy (non-hydrogen) atoms. The molecule has 0 aliphatic carbocycles. The number of furan rings is 1. The maximum absolute atomic E-state index is 11.7. The van der Waals surface area contributed by atoms with Crippen LogP contribution in [0.2, 0.25) is 0 Å². The molecule has 0 saturated heterocycles. The molecular weight excluding hydrogens is 258 g/mol. The van der Waals surface area contributed by atoms with Crippen molar-refractivity contribution in [2.75, 3.05) is 26.9 Å². The van der Waals surface area contributed by atoms with Crippen LogP contribution < -0.4 is 5.32 Å². The van der Waals surface area contributed by atoms with E-state index >= 15 is 0 Å². The highest BCUT2D eigenvalue weighted by molar-refractivity contribution is 5.79. The van der Waals surface area contributed by atoms with Gasteiger partial charge in [-0.1, -0.05) is 18.2 Å². The van der Waals surface area contributed by atoms with E-state index in [0.29, 0.717) is 13.2 Å². The maximum Gasteiger partial charge on any atom is 0.246 e. The van der Waals surface area contributed by atoms with E-state index in [-0.39, 0.29) is 18.6 Å². The Balaban J connectivity index is 1.87. The molecule has 1 heterocycles. The lowest BCUT2D eigenvalue weighted by molar-refractivity contribution is -0.126. The average molecular weight is 277 g/mol. The number of carbonyl (C=O) groups is 1. The number of benzene rings is 1. The van der Waals surface area contributed by atoms with E-state index < -0.39 is 0 Å². The summed E-state index contributed by atoms with van der Waals surface area (Å²) in [4.78, 5) is 11.7. The Bertz CT molecular complexity index is 531. The Hall–Kier alpha value is -1.85. The summed E-state index contributed by atoms with van der Waals surface area (Å²) in [5, 5.41) is 3.86. The molecule has 1 atom stereocenters. The number of amides is 1. The zero-order valence-corrected chi connectivity index (χ0v) is 11.7. The largest absolute Gasteiger partial charge is 0.459 e. The van der Waals surface area contributed by atoms with Crippen LogP contribution >= 0.6 is 0 Å². The second-order valence-corrected chi connectivity index (χ2v) is 4.52. The topological polar surface area (TPSA) is 60.7 Å². The molecule has 1 amide bonds. The third-order valence-corrected chi connectivity index (χ3v) is 2.91. The Morgan fingerprint density at radius 1 is 1.35 bits per heavy atom. The van der Waals surface area contributed by atoms with Crippen LogP contribution in [-0.2, 0) is 14.3 Å². The molecule has 0 saturated carbocycles. The molecule has 2 rings (SSSR count). The van der Waals surface area contributed by atoms with Crippen LogP contribution in [-0.4, -0.2) is 32.8 Å². The van der Waals surface area contributed by atoms with E-state index in [1.54, 1.807) is 7.11 Å². The van der Waals surface area contributed by atoms with Crippen molar-refractivity contribution in [1.82, 2.24) is 5.32 Å². The van der Waals surface area contributed by atoms with Crippen molar-refractivity contribution in [3.05, 3.63) is 36.1 Å². The number of hydrogen-bond acceptors (Lipinski definition) is 4. The highest BCUT2D eigenvalue weighted by Gasteiger charge is 2.13. The molecule has 5 heteroatoms. The van der Waals surface area contributed by atoms with Crippen molar-refractivity contribution in [1.29, 1.82) is 0 Å². The second-order valence-electron chi connectivity index (χ2n) is 4.52. The van der Waals surface area contributed by atoms with Crippen molar-refractivity contribution >= 4 is 16.9 Å². The minimum absolute atomic E-state index is 0.0218. The van der Waals surface area contributed by atoms with Gasteiger partial charge in [0.25, 0.3) is 0 Å². The molecule has 0 unspecified atom stereocenters. The Morgan fingerprint density at radius 3 is 2.90 bits per heavy atom. The number of para-hydroxylation sites is 1. The van der Waals surface area contributed by atoms with E-state index in [1.807, 2.05) is 37.3 Å². The van der Waals surface area contributed by atoms with Crippen LogP contribution in [0, 0.1) is 0 Å². The third-order valence-electron chi connectivity index (χ3n) is 2.91. The van der Waals surface area contributed by atoms with Crippen molar-refractivity contribution in [3.63, 3.8) is 0 Å². The number of rotatable bonds is 7. The van der Waals surface area contributed by atoms with Gasteiger partial charge in [0, 0.05) is 12.5 Å². The first-order chi connectivity index (χ1) is 9.70. The number of carbonyl (C=O) groups excluding carboxylic acids is 1. The molecule has 108 valence electrons. The van der Waals surface area contributed by atoms with E-state index in [0.717, 1.165) is 16.7 Å². The maximum atomic E-state index is 11.7. The molecular formula is C15H19NO4. The summed E-state index contributed by atoms with van der Waals surface area (Å²) in [6.45, 7) is 2.79. The lowest BCUT2D eigenvalue weighted by Crippen LogP contribution is -2.30. The van der Waals surface area contributed by atoms with Crippen molar-refractivity contribution in [2.24, 2.45) is 0 Å². The average Bonchev–Trinajstić information content (AvgIpc) is 2.87. The minimum atomic E-state index is -0.194. The van der Waals surface area contributed by atoms with Crippen LogP contribution in [0.1, 0.15) is 18.7 Å². The van der Waals surface area contributed by atoms with Crippen molar-refractivity contribution < 1.29 is 18.7 Å². The van der Waals surface area contributed by atoms with Gasteiger partial charge in [-0.15, -0.1) is 0 Å². The predicted octanol–water partition coefficient (Wildman–Crippen LogP) is 2.27. The van der Waals surface area contributed by atoms with E-state index in [2.05, 4.69) is 5.32 Å². The molecule has 0 bridgehead atoms. The summed E-state index contributed by atoms with van der Waals surface area (Å²) in [6.07, 6.45) is 0. The quantitative estimate of drug-likeness (QED) is 0.789. The highest BCUT2D eigenvalue weighted by Crippen LogP contribution is 2.23. The summed E-state index contributed by atoms with van der Waals surface area (Å²) >= 11 is 0. The van der Waals surface area contributed by atoms with Gasteiger partial charge in [-0.3, -0.25) is 4.79 Å². The number of fused-ring (bicyclic) bond motifs is 1. The smallest absolute Gasteiger partial charge is 0.246 e. The zero-order valence-electron chi connectivity index (χ0n) is 11.7. The van der Waals surface area contributed by atoms with E-state index in [9.17, 15) is 4.79 Å². The molecule has 0 aliphatic heterocycles. The lowest BCUT2D eigenvalue weighted by atomic mass is 10.2. The minimum Gasteiger partial charge on any atom is -0.459 e. The zero-order chi connectivity index (χ0) is 14.4. The highest BCUT2D eigenvalue weighted by atomic mass is 16.5. The molecule has 0 radical (unpaired) electrons. The predicted molar refractivity (Wildman–Crippen MR) is 75.5 cm³/mol. The first-order valence-corrected chi connectivity index (χ1v) is 6.55. The van der Waals surface area contributed by atoms with Gasteiger partial charge in [0.2, 0.25) is 5.91 Å². The first kappa shape index (κ1) is 14.6. The standard InChI is InChI=1S/C15H19NO4/c1-11(16-15(17)10-19-8-7-18-2)14-9-12-5-3-4-6-13(12)20-14/h3-6,9,11H,7-8,10H2,1-2H3,(H,16,17)/t11-/m1/s1. The Kier molecular flexibility index (Phi) is 5.15. The molecule has 0 fully saturated rings. The van der Waals surface area contributed by atoms with Gasteiger partial charge in [-0.2, -0.15) is 0 Å². The molecule has 0 aliphatic rings. The summed E-state index contributed by atoms with van der Waals surface area (Å²) in [5.41, 5.74) is 0.819. The van der Waals surface area contributed by atoms with Gasteiger partial charge >= 0.3 is 0 Å². The fourth-order valence-electron chi connectivity index (χ4n) is 1.88. The number of methoxy groups -OCH3 is 1. The van der Waals surface area contributed by atoms with Gasteiger partial charge in [0.1, 0.15) is 18.0 Å². The molecule has 0 spiro atoms. The lowest BCUT2D eigenvalue weighted by Gasteiger charge is -2.11. The number of hydrogen-bond donors (Lipinski definition) is 1. The molecule has 1 aromatic carbocycles. The van der Waals surface area contributed by atoms with Crippen molar-refractivity contribution in [2.45, 2.75) is 13.0 Å². The SMILES string of the molecule is COCCOCC(=O)N[C@H](C)c1cc2ccccc2o1. The number of ether oxygens (including phenoxy) is 2. The van der Waals surface area contributed by atoms with Gasteiger partial charge in [-0.25, -0.2) is 0 Å². The van der Waals surface area contributed by atoms with Gasteiger partial charge in [0.05, 0.1) is 19.3 Å². The van der Waals surface area contributed by atoms with Gasteiger partial charge < -0.3 is 19.2 Å². The van der Waals surface area contributed by atoms with E-state index in [1.165, 1.54) is 0 Å². The third kappa shape index (κ3) is 3.82. The van der Waals surface area contributed by atoms with Crippen LogP contribution in [0.3, 0.4) is 0 Å².